The van der Waals surface area contributed by atoms with Crippen molar-refractivity contribution in [3.63, 3.8) is 0 Å². The summed E-state index contributed by atoms with van der Waals surface area (Å²) in [6.45, 7) is 4.13. The minimum atomic E-state index is -0.779. The first-order valence-corrected chi connectivity index (χ1v) is 6.92. The summed E-state index contributed by atoms with van der Waals surface area (Å²) in [6, 6.07) is 0. The molecule has 0 amide bonds. The second-order valence-corrected chi connectivity index (χ2v) is 4.66. The molecule has 0 spiro atoms. The molecule has 0 aromatic carbocycles. The number of esters is 3. The highest BCUT2D eigenvalue weighted by atomic mass is 16.5. The van der Waals surface area contributed by atoms with Crippen LogP contribution in [0.15, 0.2) is 0 Å². The number of rotatable bonds is 6. The molecule has 1 aromatic heterocycles. The zero-order valence-corrected chi connectivity index (χ0v) is 13.5. The Kier molecular flexibility index (Phi) is 6.15. The van der Waals surface area contributed by atoms with Crippen molar-refractivity contribution in [1.82, 2.24) is 4.57 Å². The first kappa shape index (κ1) is 17.7. The van der Waals surface area contributed by atoms with Crippen molar-refractivity contribution in [3.05, 3.63) is 22.5 Å². The minimum Gasteiger partial charge on any atom is -0.465 e. The average molecular weight is 311 g/mol. The van der Waals surface area contributed by atoms with Gasteiger partial charge in [0.15, 0.2) is 0 Å². The monoisotopic (exact) mass is 311 g/mol. The van der Waals surface area contributed by atoms with E-state index in [1.54, 1.807) is 11.5 Å². The molecule has 0 fully saturated rings. The number of hydrogen-bond donors (Lipinski definition) is 0. The molecule has 0 unspecified atom stereocenters. The van der Waals surface area contributed by atoms with Crippen LogP contribution in [0.3, 0.4) is 0 Å². The molecule has 0 atom stereocenters. The molecule has 0 radical (unpaired) electrons. The maximum Gasteiger partial charge on any atom is 0.355 e. The maximum absolute atomic E-state index is 12.1. The first-order chi connectivity index (χ1) is 10.4. The molecule has 0 bridgehead atoms. The summed E-state index contributed by atoms with van der Waals surface area (Å²) in [4.78, 5) is 36.2. The van der Waals surface area contributed by atoms with E-state index in [0.29, 0.717) is 12.2 Å². The number of methoxy groups -OCH3 is 3. The van der Waals surface area contributed by atoms with Crippen molar-refractivity contribution < 1.29 is 28.6 Å². The molecule has 122 valence electrons. The zero-order valence-electron chi connectivity index (χ0n) is 13.5. The number of nitrogens with zero attached hydrogens (tertiary/aromatic N) is 1. The van der Waals surface area contributed by atoms with Gasteiger partial charge in [0, 0.05) is 12.2 Å². The van der Waals surface area contributed by atoms with Crippen LogP contribution in [0.1, 0.15) is 56.7 Å². The van der Waals surface area contributed by atoms with Crippen LogP contribution in [-0.4, -0.2) is 43.8 Å². The van der Waals surface area contributed by atoms with Crippen molar-refractivity contribution in [2.24, 2.45) is 0 Å². The smallest absolute Gasteiger partial charge is 0.355 e. The highest BCUT2D eigenvalue weighted by Gasteiger charge is 2.34. The SMILES string of the molecule is CCCCn1c(C)c(C(=O)OC)c(C(=O)OC)c1C(=O)OC. The van der Waals surface area contributed by atoms with Crippen LogP contribution >= 0.6 is 0 Å². The predicted octanol–water partition coefficient (Wildman–Crippen LogP) is 1.96. The van der Waals surface area contributed by atoms with Gasteiger partial charge in [-0.2, -0.15) is 0 Å². The maximum atomic E-state index is 12.1. The summed E-state index contributed by atoms with van der Waals surface area (Å²) in [5.41, 5.74) is 0.405. The summed E-state index contributed by atoms with van der Waals surface area (Å²) in [7, 11) is 3.61. The Balaban J connectivity index is 3.69. The molecule has 0 N–H and O–H groups in total. The van der Waals surface area contributed by atoms with Gasteiger partial charge in [-0.3, -0.25) is 0 Å². The number of unbranched alkanes of at least 4 members (excludes halogenated alkanes) is 1. The summed E-state index contributed by atoms with van der Waals surface area (Å²) < 4.78 is 15.8. The molecule has 22 heavy (non-hydrogen) atoms. The fraction of sp³-hybridized carbons (Fsp3) is 0.533. The highest BCUT2D eigenvalue weighted by Crippen LogP contribution is 2.26. The first-order valence-electron chi connectivity index (χ1n) is 6.92. The minimum absolute atomic E-state index is 0.0145. The second kappa shape index (κ2) is 7.63. The van der Waals surface area contributed by atoms with Gasteiger partial charge in [0.25, 0.3) is 0 Å². The number of ether oxygens (including phenoxy) is 3. The second-order valence-electron chi connectivity index (χ2n) is 4.66. The fourth-order valence-electron chi connectivity index (χ4n) is 2.29. The van der Waals surface area contributed by atoms with Crippen molar-refractivity contribution in [3.8, 4) is 0 Å². The lowest BCUT2D eigenvalue weighted by Crippen LogP contribution is -2.17. The van der Waals surface area contributed by atoms with Gasteiger partial charge in [-0.1, -0.05) is 13.3 Å². The van der Waals surface area contributed by atoms with Gasteiger partial charge >= 0.3 is 17.9 Å². The van der Waals surface area contributed by atoms with E-state index >= 15 is 0 Å². The molecular formula is C15H21NO6. The molecule has 1 heterocycles. The molecule has 0 aliphatic carbocycles. The van der Waals surface area contributed by atoms with E-state index in [-0.39, 0.29) is 16.8 Å². The van der Waals surface area contributed by atoms with Crippen LogP contribution in [0, 0.1) is 6.92 Å². The van der Waals surface area contributed by atoms with E-state index in [1.807, 2.05) is 6.92 Å². The molecule has 1 rings (SSSR count). The van der Waals surface area contributed by atoms with E-state index in [4.69, 9.17) is 14.2 Å². The van der Waals surface area contributed by atoms with E-state index in [1.165, 1.54) is 21.3 Å². The van der Waals surface area contributed by atoms with Crippen LogP contribution in [-0.2, 0) is 20.8 Å². The molecule has 0 aliphatic rings. The van der Waals surface area contributed by atoms with Crippen molar-refractivity contribution in [2.45, 2.75) is 33.2 Å². The molecule has 7 nitrogen and oxygen atoms in total. The summed E-state index contributed by atoms with van der Waals surface area (Å²) in [5.74, 6) is -2.17. The van der Waals surface area contributed by atoms with Crippen LogP contribution < -0.4 is 0 Å². The predicted molar refractivity (Wildman–Crippen MR) is 78.1 cm³/mol. The zero-order chi connectivity index (χ0) is 16.9. The number of hydrogen-bond acceptors (Lipinski definition) is 6. The Morgan fingerprint density at radius 2 is 1.41 bits per heavy atom. The normalized spacial score (nSPS) is 10.2. The molecular weight excluding hydrogens is 290 g/mol. The fourth-order valence-corrected chi connectivity index (χ4v) is 2.29. The topological polar surface area (TPSA) is 83.8 Å². The molecule has 7 heteroatoms. The van der Waals surface area contributed by atoms with Crippen molar-refractivity contribution in [2.75, 3.05) is 21.3 Å². The molecule has 0 aliphatic heterocycles. The lowest BCUT2D eigenvalue weighted by atomic mass is 10.1. The quantitative estimate of drug-likeness (QED) is 0.590. The Morgan fingerprint density at radius 3 is 1.86 bits per heavy atom. The lowest BCUT2D eigenvalue weighted by Gasteiger charge is -2.10. The Hall–Kier alpha value is -2.31. The van der Waals surface area contributed by atoms with E-state index < -0.39 is 17.9 Å². The summed E-state index contributed by atoms with van der Waals surface area (Å²) in [6.07, 6.45) is 1.67. The van der Waals surface area contributed by atoms with Gasteiger partial charge < -0.3 is 18.8 Å². The Labute approximate surface area is 129 Å². The number of aromatic nitrogens is 1. The average Bonchev–Trinajstić information content (AvgIpc) is 2.83. The summed E-state index contributed by atoms with van der Waals surface area (Å²) in [5, 5.41) is 0. The van der Waals surface area contributed by atoms with Crippen LogP contribution in [0.2, 0.25) is 0 Å². The van der Waals surface area contributed by atoms with E-state index in [9.17, 15) is 14.4 Å². The van der Waals surface area contributed by atoms with Crippen LogP contribution in [0.5, 0.6) is 0 Å². The molecule has 0 saturated heterocycles. The molecule has 1 aromatic rings. The van der Waals surface area contributed by atoms with Crippen molar-refractivity contribution >= 4 is 17.9 Å². The molecule has 0 saturated carbocycles. The van der Waals surface area contributed by atoms with Gasteiger partial charge in [0.1, 0.15) is 11.3 Å². The van der Waals surface area contributed by atoms with Crippen LogP contribution in [0.25, 0.3) is 0 Å². The van der Waals surface area contributed by atoms with E-state index in [0.717, 1.165) is 12.8 Å². The van der Waals surface area contributed by atoms with Gasteiger partial charge in [-0.15, -0.1) is 0 Å². The van der Waals surface area contributed by atoms with Crippen LogP contribution in [0.4, 0.5) is 0 Å². The Bertz CT molecular complexity index is 587. The third-order valence-corrected chi connectivity index (χ3v) is 3.42. The van der Waals surface area contributed by atoms with Crippen molar-refractivity contribution in [1.29, 1.82) is 0 Å². The highest BCUT2D eigenvalue weighted by molar-refractivity contribution is 6.11. The van der Waals surface area contributed by atoms with Gasteiger partial charge in [-0.05, 0) is 13.3 Å². The van der Waals surface area contributed by atoms with Gasteiger partial charge in [-0.25, -0.2) is 14.4 Å². The van der Waals surface area contributed by atoms with Gasteiger partial charge in [0.2, 0.25) is 0 Å². The van der Waals surface area contributed by atoms with E-state index in [2.05, 4.69) is 0 Å². The number of carbonyl (C=O) groups excluding carboxylic acids is 3. The largest absolute Gasteiger partial charge is 0.465 e. The standard InChI is InChI=1S/C15H21NO6/c1-6-7-8-16-9(2)10(13(17)20-3)11(14(18)21-4)12(16)15(19)22-5/h6-8H2,1-5H3. The third kappa shape index (κ3) is 3.13. The summed E-state index contributed by atoms with van der Waals surface area (Å²) >= 11 is 0. The lowest BCUT2D eigenvalue weighted by molar-refractivity contribution is 0.0534. The van der Waals surface area contributed by atoms with Gasteiger partial charge in [0.05, 0.1) is 26.9 Å². The number of carbonyl (C=O) groups is 3. The third-order valence-electron chi connectivity index (χ3n) is 3.42. The Morgan fingerprint density at radius 1 is 0.909 bits per heavy atom.